The largest absolute Gasteiger partial charge is 0.452 e. The van der Waals surface area contributed by atoms with Crippen molar-refractivity contribution in [1.29, 1.82) is 0 Å². The fourth-order valence-electron chi connectivity index (χ4n) is 0.388. The van der Waals surface area contributed by atoms with Gasteiger partial charge in [-0.1, -0.05) is 16.7 Å². The molecule has 0 rings (SSSR count). The van der Waals surface area contributed by atoms with E-state index in [9.17, 15) is 4.79 Å². The summed E-state index contributed by atoms with van der Waals surface area (Å²) in [5.74, 6) is 0. The average Bonchev–Trinajstić information content (AvgIpc) is 1.84. The van der Waals surface area contributed by atoms with Gasteiger partial charge in [0.05, 0.1) is 6.20 Å². The summed E-state index contributed by atoms with van der Waals surface area (Å²) in [4.78, 5) is 10.8. The highest BCUT2D eigenvalue weighted by molar-refractivity contribution is 6.25. The maximum atomic E-state index is 10.8. The van der Waals surface area contributed by atoms with E-state index in [-0.39, 0.29) is 0 Å². The van der Waals surface area contributed by atoms with E-state index in [2.05, 4.69) is 10.2 Å². The van der Waals surface area contributed by atoms with Crippen LogP contribution in [0.25, 0.3) is 0 Å². The van der Waals surface area contributed by atoms with Crippen molar-refractivity contribution < 1.29 is 9.53 Å². The van der Waals surface area contributed by atoms with Gasteiger partial charge in [0.15, 0.2) is 0 Å². The summed E-state index contributed by atoms with van der Waals surface area (Å²) in [5.41, 5.74) is 0.606. The second-order valence-corrected chi connectivity index (χ2v) is 3.22. The first-order valence-electron chi connectivity index (χ1n) is 3.35. The van der Waals surface area contributed by atoms with Gasteiger partial charge in [-0.2, -0.15) is 5.11 Å². The molecule has 0 aliphatic heterocycles. The molecule has 0 saturated carbocycles. The summed E-state index contributed by atoms with van der Waals surface area (Å²) in [6, 6.07) is 0. The number of carbonyl (C=O) groups is 1. The molecule has 0 unspecified atom stereocenters. The number of hydrogen-bond acceptors (Lipinski definition) is 3. The molecule has 0 aliphatic rings. The number of ether oxygens (including phenoxy) is 1. The molecule has 0 spiro atoms. The molecule has 5 heteroatoms. The van der Waals surface area contributed by atoms with Crippen LogP contribution in [0.4, 0.5) is 4.79 Å². The summed E-state index contributed by atoms with van der Waals surface area (Å²) in [5, 5.41) is 6.50. The molecule has 0 heterocycles. The molecule has 0 atom stereocenters. The van der Waals surface area contributed by atoms with E-state index in [4.69, 9.17) is 16.3 Å². The van der Waals surface area contributed by atoms with Gasteiger partial charge in [0.2, 0.25) is 0 Å². The van der Waals surface area contributed by atoms with Crippen LogP contribution in [0.3, 0.4) is 0 Å². The van der Waals surface area contributed by atoms with E-state index in [1.165, 1.54) is 6.20 Å². The molecule has 1 amide bonds. The average molecular weight is 191 g/mol. The Hall–Kier alpha value is -0.900. The van der Waals surface area contributed by atoms with Crippen molar-refractivity contribution in [1.82, 2.24) is 0 Å². The first-order chi connectivity index (χ1) is 5.45. The quantitative estimate of drug-likeness (QED) is 0.597. The van der Waals surface area contributed by atoms with Crippen molar-refractivity contribution in [3.8, 4) is 0 Å². The van der Waals surface area contributed by atoms with Gasteiger partial charge in [-0.25, -0.2) is 4.79 Å². The molecule has 12 heavy (non-hydrogen) atoms. The molecule has 0 radical (unpaired) electrons. The predicted molar refractivity (Wildman–Crippen MR) is 46.1 cm³/mol. The van der Waals surface area contributed by atoms with Crippen LogP contribution in [0, 0.1) is 0 Å². The second-order valence-electron chi connectivity index (χ2n) is 2.97. The number of nitrogens with zero attached hydrogens (tertiary/aromatic N) is 2. The summed E-state index contributed by atoms with van der Waals surface area (Å²) in [6.07, 6.45) is 0.461. The third kappa shape index (κ3) is 7.21. The van der Waals surface area contributed by atoms with E-state index in [1.807, 2.05) is 0 Å². The summed E-state index contributed by atoms with van der Waals surface area (Å²) >= 11 is 5.13. The fraction of sp³-hybridized carbons (Fsp3) is 0.571. The maximum absolute atomic E-state index is 10.8. The maximum Gasteiger partial charge on any atom is 0.452 e. The zero-order chi connectivity index (χ0) is 9.61. The molecule has 0 saturated heterocycles. The van der Waals surface area contributed by atoms with Crippen molar-refractivity contribution in [2.45, 2.75) is 26.4 Å². The number of amides is 1. The monoisotopic (exact) mass is 190 g/mol. The summed E-state index contributed by atoms with van der Waals surface area (Å²) in [6.45, 7) is 5.24. The van der Waals surface area contributed by atoms with Crippen molar-refractivity contribution in [3.63, 3.8) is 0 Å². The van der Waals surface area contributed by atoms with Crippen LogP contribution < -0.4 is 0 Å². The minimum Gasteiger partial charge on any atom is -0.441 e. The van der Waals surface area contributed by atoms with Crippen LogP contribution in [0.5, 0.6) is 0 Å². The molecule has 0 aromatic carbocycles. The minimum absolute atomic E-state index is 0.541. The Morgan fingerprint density at radius 3 is 2.50 bits per heavy atom. The van der Waals surface area contributed by atoms with E-state index in [1.54, 1.807) is 20.8 Å². The van der Waals surface area contributed by atoms with Gasteiger partial charge in [-0.15, -0.1) is 0 Å². The number of hydrogen-bond donors (Lipinski definition) is 0. The van der Waals surface area contributed by atoms with Crippen LogP contribution in [-0.4, -0.2) is 11.7 Å². The highest BCUT2D eigenvalue weighted by atomic mass is 35.5. The second kappa shape index (κ2) is 4.87. The van der Waals surface area contributed by atoms with Crippen LogP contribution in [0.1, 0.15) is 20.8 Å². The topological polar surface area (TPSA) is 51.0 Å². The van der Waals surface area contributed by atoms with Crippen molar-refractivity contribution >= 4 is 17.7 Å². The molecule has 0 aromatic rings. The molecule has 0 fully saturated rings. The highest BCUT2D eigenvalue weighted by Crippen LogP contribution is 2.07. The Bertz CT molecular complexity index is 206. The fourth-order valence-corrected chi connectivity index (χ4v) is 0.438. The van der Waals surface area contributed by atoms with E-state index in [0.29, 0.717) is 0 Å². The number of carbonyl (C=O) groups excluding carboxylic acids is 1. The summed E-state index contributed by atoms with van der Waals surface area (Å²) < 4.78 is 4.81. The zero-order valence-electron chi connectivity index (χ0n) is 7.24. The SMILES string of the molecule is CC(C)(C)OC(=O)N=N/C=C/Cl. The first-order valence-corrected chi connectivity index (χ1v) is 3.78. The lowest BCUT2D eigenvalue weighted by atomic mass is 10.2. The number of rotatable bonds is 1. The van der Waals surface area contributed by atoms with Gasteiger partial charge in [-0.3, -0.25) is 0 Å². The van der Waals surface area contributed by atoms with E-state index < -0.39 is 11.7 Å². The Balaban J connectivity index is 3.91. The predicted octanol–water partition coefficient (Wildman–Crippen LogP) is 3.08. The van der Waals surface area contributed by atoms with Crippen LogP contribution in [0.15, 0.2) is 22.0 Å². The van der Waals surface area contributed by atoms with E-state index in [0.717, 1.165) is 5.54 Å². The molecule has 0 bridgehead atoms. The molecule has 4 nitrogen and oxygen atoms in total. The van der Waals surface area contributed by atoms with Gasteiger partial charge < -0.3 is 4.74 Å². The van der Waals surface area contributed by atoms with Gasteiger partial charge in [0.25, 0.3) is 0 Å². The van der Waals surface area contributed by atoms with Crippen LogP contribution >= 0.6 is 11.6 Å². The smallest absolute Gasteiger partial charge is 0.441 e. The van der Waals surface area contributed by atoms with Crippen molar-refractivity contribution in [2.24, 2.45) is 10.2 Å². The van der Waals surface area contributed by atoms with Gasteiger partial charge >= 0.3 is 6.09 Å². The Labute approximate surface area is 76.3 Å². The molecule has 0 aromatic heterocycles. The van der Waals surface area contributed by atoms with Gasteiger partial charge in [0, 0.05) is 5.54 Å². The zero-order valence-corrected chi connectivity index (χ0v) is 8.00. The Kier molecular flexibility index (Phi) is 4.51. The van der Waals surface area contributed by atoms with Crippen LogP contribution in [-0.2, 0) is 4.74 Å². The number of azo groups is 1. The molecular weight excluding hydrogens is 180 g/mol. The first kappa shape index (κ1) is 11.1. The Morgan fingerprint density at radius 1 is 1.50 bits per heavy atom. The lowest BCUT2D eigenvalue weighted by Crippen LogP contribution is -2.21. The molecule has 0 N–H and O–H groups in total. The van der Waals surface area contributed by atoms with Gasteiger partial charge in [-0.05, 0) is 20.8 Å². The third-order valence-corrected chi connectivity index (χ3v) is 0.769. The minimum atomic E-state index is -0.725. The van der Waals surface area contributed by atoms with Gasteiger partial charge in [0.1, 0.15) is 5.60 Å². The van der Waals surface area contributed by atoms with Crippen LogP contribution in [0.2, 0.25) is 0 Å². The molecule has 68 valence electrons. The van der Waals surface area contributed by atoms with E-state index >= 15 is 0 Å². The number of halogens is 1. The molecule has 0 aliphatic carbocycles. The standard InChI is InChI=1S/C7H11ClN2O2/c1-7(2,3)12-6(11)10-9-5-4-8/h4-5H,1-3H3/b5-4+,10-9?. The Morgan fingerprint density at radius 2 is 2.08 bits per heavy atom. The molecular formula is C7H11ClN2O2. The highest BCUT2D eigenvalue weighted by Gasteiger charge is 2.15. The normalized spacial score (nSPS) is 12.7. The summed E-state index contributed by atoms with van der Waals surface area (Å²) in [7, 11) is 0. The van der Waals surface area contributed by atoms with Crippen molar-refractivity contribution in [3.05, 3.63) is 11.7 Å². The third-order valence-electron chi connectivity index (χ3n) is 0.656. The lowest BCUT2D eigenvalue weighted by molar-refractivity contribution is 0.0592. The lowest BCUT2D eigenvalue weighted by Gasteiger charge is -2.16. The van der Waals surface area contributed by atoms with Crippen molar-refractivity contribution in [2.75, 3.05) is 0 Å².